The van der Waals surface area contributed by atoms with E-state index in [9.17, 15) is 19.3 Å². The van der Waals surface area contributed by atoms with Crippen LogP contribution in [0.1, 0.15) is 21.5 Å². The highest BCUT2D eigenvalue weighted by molar-refractivity contribution is 9.10. The molecule has 1 amide bonds. The molecule has 0 spiro atoms. The second-order valence-electron chi connectivity index (χ2n) is 5.16. The third-order valence-electron chi connectivity index (χ3n) is 3.41. The first-order valence-electron chi connectivity index (χ1n) is 6.74. The van der Waals surface area contributed by atoms with Crippen LogP contribution in [-0.4, -0.2) is 22.8 Å². The molecule has 0 N–H and O–H groups in total. The van der Waals surface area contributed by atoms with Gasteiger partial charge in [0.25, 0.3) is 11.6 Å². The molecule has 0 aliphatic rings. The monoisotopic (exact) mass is 380 g/mol. The number of benzene rings is 2. The Balaban J connectivity index is 2.24. The molecular formula is C16H14BrFN2O3. The summed E-state index contributed by atoms with van der Waals surface area (Å²) in [4.78, 5) is 24.2. The molecule has 0 atom stereocenters. The van der Waals surface area contributed by atoms with E-state index in [0.717, 1.165) is 0 Å². The fourth-order valence-electron chi connectivity index (χ4n) is 2.15. The molecule has 0 radical (unpaired) electrons. The molecule has 0 bridgehead atoms. The zero-order valence-electron chi connectivity index (χ0n) is 12.5. The maximum atomic E-state index is 13.8. The van der Waals surface area contributed by atoms with Crippen LogP contribution in [0.3, 0.4) is 0 Å². The van der Waals surface area contributed by atoms with Crippen LogP contribution in [0.4, 0.5) is 10.1 Å². The van der Waals surface area contributed by atoms with E-state index in [1.54, 1.807) is 19.1 Å². The van der Waals surface area contributed by atoms with Crippen LogP contribution >= 0.6 is 15.9 Å². The van der Waals surface area contributed by atoms with Crippen molar-refractivity contribution in [1.29, 1.82) is 0 Å². The van der Waals surface area contributed by atoms with Crippen molar-refractivity contribution in [2.45, 2.75) is 13.5 Å². The van der Waals surface area contributed by atoms with Gasteiger partial charge in [0.2, 0.25) is 0 Å². The van der Waals surface area contributed by atoms with Gasteiger partial charge in [0, 0.05) is 40.8 Å². The second kappa shape index (κ2) is 6.87. The van der Waals surface area contributed by atoms with Crippen molar-refractivity contribution in [1.82, 2.24) is 4.90 Å². The molecule has 0 aliphatic heterocycles. The molecule has 0 aliphatic carbocycles. The minimum Gasteiger partial charge on any atom is -0.337 e. The van der Waals surface area contributed by atoms with Gasteiger partial charge in [-0.2, -0.15) is 0 Å². The lowest BCUT2D eigenvalue weighted by atomic mass is 10.1. The summed E-state index contributed by atoms with van der Waals surface area (Å²) in [6.07, 6.45) is 0. The van der Waals surface area contributed by atoms with Crippen LogP contribution in [0.25, 0.3) is 0 Å². The summed E-state index contributed by atoms with van der Waals surface area (Å²) < 4.78 is 14.5. The lowest BCUT2D eigenvalue weighted by molar-refractivity contribution is -0.385. The largest absolute Gasteiger partial charge is 0.337 e. The maximum Gasteiger partial charge on any atom is 0.273 e. The third kappa shape index (κ3) is 3.92. The van der Waals surface area contributed by atoms with Gasteiger partial charge in [-0.25, -0.2) is 4.39 Å². The van der Waals surface area contributed by atoms with E-state index in [1.807, 2.05) is 0 Å². The molecule has 2 aromatic rings. The van der Waals surface area contributed by atoms with Gasteiger partial charge < -0.3 is 4.90 Å². The standard InChI is InChI=1S/C16H14BrFN2O3/c1-10-3-4-11(8-15(10)20(22)23)16(21)19(2)9-12-7-13(17)5-6-14(12)18/h3-8H,9H2,1-2H3. The number of amides is 1. The predicted molar refractivity (Wildman–Crippen MR) is 87.7 cm³/mol. The van der Waals surface area contributed by atoms with Gasteiger partial charge in [-0.15, -0.1) is 0 Å². The summed E-state index contributed by atoms with van der Waals surface area (Å²) in [5.74, 6) is -0.824. The first-order valence-corrected chi connectivity index (χ1v) is 7.53. The maximum absolute atomic E-state index is 13.8. The average molecular weight is 381 g/mol. The van der Waals surface area contributed by atoms with E-state index >= 15 is 0 Å². The van der Waals surface area contributed by atoms with Crippen molar-refractivity contribution in [2.24, 2.45) is 0 Å². The molecule has 120 valence electrons. The van der Waals surface area contributed by atoms with Crippen LogP contribution in [0.2, 0.25) is 0 Å². The number of hydrogen-bond donors (Lipinski definition) is 0. The molecule has 0 saturated carbocycles. The number of carbonyl (C=O) groups is 1. The van der Waals surface area contributed by atoms with Gasteiger partial charge in [-0.3, -0.25) is 14.9 Å². The number of nitro groups is 1. The van der Waals surface area contributed by atoms with Crippen molar-refractivity contribution >= 4 is 27.5 Å². The molecule has 2 rings (SSSR count). The summed E-state index contributed by atoms with van der Waals surface area (Å²) in [7, 11) is 1.52. The van der Waals surface area contributed by atoms with E-state index < -0.39 is 16.6 Å². The Bertz CT molecular complexity index is 780. The van der Waals surface area contributed by atoms with Crippen molar-refractivity contribution in [3.63, 3.8) is 0 Å². The van der Waals surface area contributed by atoms with E-state index in [2.05, 4.69) is 15.9 Å². The molecule has 0 unspecified atom stereocenters. The molecule has 0 fully saturated rings. The van der Waals surface area contributed by atoms with Crippen LogP contribution in [0, 0.1) is 22.9 Å². The number of nitro benzene ring substituents is 1. The Hall–Kier alpha value is -2.28. The highest BCUT2D eigenvalue weighted by atomic mass is 79.9. The molecule has 0 heterocycles. The predicted octanol–water partition coefficient (Wildman–Crippen LogP) is 4.08. The van der Waals surface area contributed by atoms with E-state index in [-0.39, 0.29) is 17.8 Å². The Labute approximate surface area is 141 Å². The van der Waals surface area contributed by atoms with Crippen LogP contribution in [-0.2, 0) is 6.54 Å². The van der Waals surface area contributed by atoms with Crippen molar-refractivity contribution < 1.29 is 14.1 Å². The van der Waals surface area contributed by atoms with Gasteiger partial charge in [0.1, 0.15) is 5.82 Å². The minimum absolute atomic E-state index is 0.0613. The molecule has 0 saturated heterocycles. The molecule has 5 nitrogen and oxygen atoms in total. The first kappa shape index (κ1) is 17.1. The Morgan fingerprint density at radius 2 is 2.00 bits per heavy atom. The number of nitrogens with zero attached hydrogens (tertiary/aromatic N) is 2. The van der Waals surface area contributed by atoms with Gasteiger partial charge in [-0.05, 0) is 31.2 Å². The molecule has 0 aromatic heterocycles. The van der Waals surface area contributed by atoms with Crippen molar-refractivity contribution in [3.8, 4) is 0 Å². The molecule has 2 aromatic carbocycles. The summed E-state index contributed by atoms with van der Waals surface area (Å²) >= 11 is 3.26. The van der Waals surface area contributed by atoms with Crippen molar-refractivity contribution in [2.75, 3.05) is 7.05 Å². The van der Waals surface area contributed by atoms with E-state index in [0.29, 0.717) is 15.6 Å². The van der Waals surface area contributed by atoms with Gasteiger partial charge in [0.15, 0.2) is 0 Å². The number of aryl methyl sites for hydroxylation is 1. The second-order valence-corrected chi connectivity index (χ2v) is 6.07. The normalized spacial score (nSPS) is 10.4. The number of halogens is 2. The lowest BCUT2D eigenvalue weighted by Crippen LogP contribution is -2.26. The van der Waals surface area contributed by atoms with Gasteiger partial charge >= 0.3 is 0 Å². The topological polar surface area (TPSA) is 63.5 Å². The van der Waals surface area contributed by atoms with Crippen molar-refractivity contribution in [3.05, 3.63) is 73.5 Å². The SMILES string of the molecule is Cc1ccc(C(=O)N(C)Cc2cc(Br)ccc2F)cc1[N+](=O)[O-]. The average Bonchev–Trinajstić information content (AvgIpc) is 2.50. The van der Waals surface area contributed by atoms with Gasteiger partial charge in [0.05, 0.1) is 4.92 Å². The summed E-state index contributed by atoms with van der Waals surface area (Å²) in [6, 6.07) is 8.78. The van der Waals surface area contributed by atoms with E-state index in [4.69, 9.17) is 0 Å². The third-order valence-corrected chi connectivity index (χ3v) is 3.91. The lowest BCUT2D eigenvalue weighted by Gasteiger charge is -2.18. The number of rotatable bonds is 4. The zero-order valence-corrected chi connectivity index (χ0v) is 14.1. The smallest absolute Gasteiger partial charge is 0.273 e. The highest BCUT2D eigenvalue weighted by Gasteiger charge is 2.18. The molecule has 23 heavy (non-hydrogen) atoms. The Kier molecular flexibility index (Phi) is 5.10. The Morgan fingerprint density at radius 1 is 1.30 bits per heavy atom. The molecule has 7 heteroatoms. The van der Waals surface area contributed by atoms with E-state index in [1.165, 1.54) is 36.2 Å². The highest BCUT2D eigenvalue weighted by Crippen LogP contribution is 2.21. The molecular weight excluding hydrogens is 367 g/mol. The minimum atomic E-state index is -0.528. The summed E-state index contributed by atoms with van der Waals surface area (Å²) in [6.45, 7) is 1.67. The van der Waals surface area contributed by atoms with Gasteiger partial charge in [-0.1, -0.05) is 22.0 Å². The quantitative estimate of drug-likeness (QED) is 0.592. The summed E-state index contributed by atoms with van der Waals surface area (Å²) in [5.41, 5.74) is 0.919. The van der Waals surface area contributed by atoms with Crippen LogP contribution in [0.15, 0.2) is 40.9 Å². The zero-order chi connectivity index (χ0) is 17.1. The Morgan fingerprint density at radius 3 is 2.65 bits per heavy atom. The van der Waals surface area contributed by atoms with Crippen LogP contribution < -0.4 is 0 Å². The number of hydrogen-bond acceptors (Lipinski definition) is 3. The first-order chi connectivity index (χ1) is 10.8. The fraction of sp³-hybridized carbons (Fsp3) is 0.188. The summed E-state index contributed by atoms with van der Waals surface area (Å²) in [5, 5.41) is 11.0. The number of carbonyl (C=O) groups excluding carboxylic acids is 1. The van der Waals surface area contributed by atoms with Crippen LogP contribution in [0.5, 0.6) is 0 Å². The fourth-order valence-corrected chi connectivity index (χ4v) is 2.56.